The minimum absolute atomic E-state index is 0.133. The molecule has 2 heterocycles. The van der Waals surface area contributed by atoms with Crippen molar-refractivity contribution in [1.82, 2.24) is 15.5 Å². The van der Waals surface area contributed by atoms with E-state index in [9.17, 15) is 9.59 Å². The molecule has 142 valence electrons. The van der Waals surface area contributed by atoms with Gasteiger partial charge in [0.25, 0.3) is 5.56 Å². The van der Waals surface area contributed by atoms with Crippen molar-refractivity contribution in [1.29, 1.82) is 0 Å². The number of hydrogen-bond donors (Lipinski definition) is 2. The second-order valence-electron chi connectivity index (χ2n) is 7.76. The Morgan fingerprint density at radius 2 is 1.93 bits per heavy atom. The van der Waals surface area contributed by atoms with Crippen molar-refractivity contribution in [3.8, 4) is 0 Å². The van der Waals surface area contributed by atoms with Crippen molar-refractivity contribution in [2.24, 2.45) is 0 Å². The highest BCUT2D eigenvalue weighted by Gasteiger charge is 2.52. The van der Waals surface area contributed by atoms with Gasteiger partial charge in [0.15, 0.2) is 0 Å². The quantitative estimate of drug-likeness (QED) is 0.805. The maximum Gasteiger partial charge on any atom is 0.492 e. The van der Waals surface area contributed by atoms with E-state index in [0.717, 1.165) is 16.4 Å². The van der Waals surface area contributed by atoms with Crippen molar-refractivity contribution < 1.29 is 14.1 Å². The molecule has 0 aliphatic carbocycles. The van der Waals surface area contributed by atoms with Crippen LogP contribution in [0.4, 0.5) is 0 Å². The summed E-state index contributed by atoms with van der Waals surface area (Å²) in [5, 5.41) is 10.4. The highest BCUT2D eigenvalue weighted by Crippen LogP contribution is 2.38. The molecule has 0 unspecified atom stereocenters. The topological polar surface area (TPSA) is 93.3 Å². The predicted octanol–water partition coefficient (Wildman–Crippen LogP) is 2.07. The summed E-state index contributed by atoms with van der Waals surface area (Å²) in [6.07, 6.45) is 3.52. The van der Waals surface area contributed by atoms with E-state index in [1.165, 1.54) is 6.92 Å². The molecule has 27 heavy (non-hydrogen) atoms. The fraction of sp³-hybridized carbons (Fsp3) is 0.421. The molecule has 0 spiro atoms. The van der Waals surface area contributed by atoms with Crippen molar-refractivity contribution in [3.05, 3.63) is 45.8 Å². The Hall–Kier alpha value is -2.45. The van der Waals surface area contributed by atoms with Crippen LogP contribution in [0.2, 0.25) is 0 Å². The summed E-state index contributed by atoms with van der Waals surface area (Å²) in [7, 11) is -0.574. The SMILES string of the molecule is CC(=O)NCC(=Cc1ccc2c(=O)[nH]ncc2c1)B1OC(C)(C)C(C)(C)O1. The molecular formula is C19H24BN3O4. The van der Waals surface area contributed by atoms with Gasteiger partial charge in [0.2, 0.25) is 5.91 Å². The summed E-state index contributed by atoms with van der Waals surface area (Å²) >= 11 is 0. The Bertz CT molecular complexity index is 949. The first kappa shape index (κ1) is 19.3. The molecule has 1 amide bonds. The first-order chi connectivity index (χ1) is 12.6. The summed E-state index contributed by atoms with van der Waals surface area (Å²) in [5.41, 5.74) is 0.472. The molecule has 1 aliphatic rings. The van der Waals surface area contributed by atoms with E-state index in [1.54, 1.807) is 12.3 Å². The summed E-state index contributed by atoms with van der Waals surface area (Å²) in [4.78, 5) is 23.2. The first-order valence-corrected chi connectivity index (χ1v) is 8.87. The van der Waals surface area contributed by atoms with Gasteiger partial charge in [0, 0.05) is 18.9 Å². The van der Waals surface area contributed by atoms with Gasteiger partial charge in [-0.3, -0.25) is 9.59 Å². The Balaban J connectivity index is 1.98. The Kier molecular flexibility index (Phi) is 4.97. The molecule has 1 aromatic carbocycles. The van der Waals surface area contributed by atoms with Gasteiger partial charge in [-0.1, -0.05) is 12.1 Å². The molecule has 2 aromatic rings. The molecule has 0 radical (unpaired) electrons. The fourth-order valence-corrected chi connectivity index (χ4v) is 2.84. The second-order valence-corrected chi connectivity index (χ2v) is 7.76. The normalized spacial score (nSPS) is 18.7. The molecule has 0 bridgehead atoms. The number of carbonyl (C=O) groups excluding carboxylic acids is 1. The monoisotopic (exact) mass is 369 g/mol. The molecule has 2 N–H and O–H groups in total. The largest absolute Gasteiger partial charge is 0.492 e. The minimum Gasteiger partial charge on any atom is -0.400 e. The van der Waals surface area contributed by atoms with Crippen LogP contribution in [0, 0.1) is 0 Å². The van der Waals surface area contributed by atoms with Crippen molar-refractivity contribution in [2.75, 3.05) is 6.54 Å². The van der Waals surface area contributed by atoms with E-state index in [2.05, 4.69) is 15.5 Å². The molecule has 7 nitrogen and oxygen atoms in total. The highest BCUT2D eigenvalue weighted by atomic mass is 16.7. The van der Waals surface area contributed by atoms with Crippen LogP contribution in [0.3, 0.4) is 0 Å². The van der Waals surface area contributed by atoms with E-state index >= 15 is 0 Å². The number of nitrogens with zero attached hydrogens (tertiary/aromatic N) is 1. The van der Waals surface area contributed by atoms with Crippen molar-refractivity contribution in [2.45, 2.75) is 45.8 Å². The summed E-state index contributed by atoms with van der Waals surface area (Å²) in [5.74, 6) is -0.133. The number of benzene rings is 1. The number of fused-ring (bicyclic) bond motifs is 1. The number of carbonyl (C=O) groups is 1. The lowest BCUT2D eigenvalue weighted by atomic mass is 9.77. The van der Waals surface area contributed by atoms with E-state index in [0.29, 0.717) is 11.9 Å². The van der Waals surface area contributed by atoms with Gasteiger partial charge in [-0.2, -0.15) is 5.10 Å². The highest BCUT2D eigenvalue weighted by molar-refractivity contribution is 6.56. The zero-order valence-corrected chi connectivity index (χ0v) is 16.3. The maximum absolute atomic E-state index is 11.8. The lowest BCUT2D eigenvalue weighted by Gasteiger charge is -2.32. The molecule has 1 saturated heterocycles. The average Bonchev–Trinajstić information content (AvgIpc) is 2.79. The third-order valence-electron chi connectivity index (χ3n) is 5.14. The number of rotatable bonds is 4. The Morgan fingerprint density at radius 3 is 2.56 bits per heavy atom. The van der Waals surface area contributed by atoms with E-state index in [1.807, 2.05) is 45.9 Å². The smallest absolute Gasteiger partial charge is 0.400 e. The van der Waals surface area contributed by atoms with Gasteiger partial charge < -0.3 is 14.6 Å². The van der Waals surface area contributed by atoms with Crippen LogP contribution in [0.5, 0.6) is 0 Å². The van der Waals surface area contributed by atoms with Crippen LogP contribution in [0.25, 0.3) is 16.8 Å². The second kappa shape index (κ2) is 6.94. The average molecular weight is 369 g/mol. The van der Waals surface area contributed by atoms with E-state index in [-0.39, 0.29) is 11.5 Å². The molecular weight excluding hydrogens is 345 g/mol. The van der Waals surface area contributed by atoms with Crippen molar-refractivity contribution >= 4 is 29.9 Å². The number of aromatic amines is 1. The number of nitrogens with one attached hydrogen (secondary N) is 2. The fourth-order valence-electron chi connectivity index (χ4n) is 2.84. The van der Waals surface area contributed by atoms with Crippen LogP contribution < -0.4 is 10.9 Å². The number of aromatic nitrogens is 2. The van der Waals surface area contributed by atoms with Crippen LogP contribution in [0.15, 0.2) is 34.7 Å². The summed E-state index contributed by atoms with van der Waals surface area (Å²) in [6, 6.07) is 5.47. The summed E-state index contributed by atoms with van der Waals surface area (Å²) in [6.45, 7) is 9.70. The number of H-pyrrole nitrogens is 1. The molecule has 1 aliphatic heterocycles. The predicted molar refractivity (Wildman–Crippen MR) is 105 cm³/mol. The van der Waals surface area contributed by atoms with Crippen LogP contribution in [-0.4, -0.2) is 41.0 Å². The molecule has 1 aromatic heterocycles. The third kappa shape index (κ3) is 3.96. The van der Waals surface area contributed by atoms with Gasteiger partial charge in [0.05, 0.1) is 22.8 Å². The number of hydrogen-bond acceptors (Lipinski definition) is 5. The van der Waals surface area contributed by atoms with Gasteiger partial charge in [-0.05, 0) is 50.9 Å². The van der Waals surface area contributed by atoms with Crippen molar-refractivity contribution in [3.63, 3.8) is 0 Å². The van der Waals surface area contributed by atoms with E-state index in [4.69, 9.17) is 9.31 Å². The molecule has 8 heteroatoms. The maximum atomic E-state index is 11.8. The van der Waals surface area contributed by atoms with Crippen LogP contribution >= 0.6 is 0 Å². The van der Waals surface area contributed by atoms with Crippen LogP contribution in [-0.2, 0) is 14.1 Å². The Labute approximate surface area is 158 Å². The number of amides is 1. The molecule has 1 fully saturated rings. The lowest BCUT2D eigenvalue weighted by molar-refractivity contribution is -0.118. The molecule has 3 rings (SSSR count). The zero-order valence-electron chi connectivity index (χ0n) is 16.3. The van der Waals surface area contributed by atoms with Gasteiger partial charge in [-0.15, -0.1) is 0 Å². The van der Waals surface area contributed by atoms with Gasteiger partial charge in [-0.25, -0.2) is 5.10 Å². The standard InChI is InChI=1S/C19H24BN3O4/c1-12(24)21-11-15(20-26-18(2,3)19(4,5)27-20)9-13-6-7-16-14(8-13)10-22-23-17(16)25/h6-10H,11H2,1-5H3,(H,21,24)(H,23,25). The minimum atomic E-state index is -0.574. The van der Waals surface area contributed by atoms with Crippen LogP contribution in [0.1, 0.15) is 40.2 Å². The zero-order chi connectivity index (χ0) is 19.8. The van der Waals surface area contributed by atoms with Gasteiger partial charge >= 0.3 is 7.12 Å². The molecule has 0 saturated carbocycles. The Morgan fingerprint density at radius 1 is 1.26 bits per heavy atom. The van der Waals surface area contributed by atoms with E-state index < -0.39 is 18.3 Å². The first-order valence-electron chi connectivity index (χ1n) is 8.87. The molecule has 0 atom stereocenters. The lowest BCUT2D eigenvalue weighted by Crippen LogP contribution is -2.41. The summed E-state index contributed by atoms with van der Waals surface area (Å²) < 4.78 is 12.3. The van der Waals surface area contributed by atoms with Gasteiger partial charge in [0.1, 0.15) is 0 Å². The third-order valence-corrected chi connectivity index (χ3v) is 5.14.